The molecule has 2 heteroatoms. The van der Waals surface area contributed by atoms with Gasteiger partial charge < -0.3 is 9.32 Å². The number of allylic oxidation sites excluding steroid dienone is 4. The first-order valence-corrected chi connectivity index (χ1v) is 15.2. The molecule has 7 aromatic rings. The van der Waals surface area contributed by atoms with Crippen LogP contribution in [0.4, 0.5) is 17.1 Å². The standard InChI is InChI=1S/C42H31NO/c1-3-9-30(10-4-1)32-15-22-36(23-16-32)43(37-24-17-33(18-25-37)31-11-5-2-6-12-31)38-26-19-34(20-27-38)35-21-28-42-40(29-35)39-13-7-8-14-41(39)44-42/h1,3-5,7-29H,2,6H2. The maximum absolute atomic E-state index is 6.06. The predicted molar refractivity (Wildman–Crippen MR) is 186 cm³/mol. The summed E-state index contributed by atoms with van der Waals surface area (Å²) in [5.41, 5.74) is 12.5. The van der Waals surface area contributed by atoms with Crippen LogP contribution < -0.4 is 4.90 Å². The topological polar surface area (TPSA) is 16.4 Å². The van der Waals surface area contributed by atoms with Crippen molar-refractivity contribution in [1.82, 2.24) is 0 Å². The summed E-state index contributed by atoms with van der Waals surface area (Å²) >= 11 is 0. The Balaban J connectivity index is 1.16. The summed E-state index contributed by atoms with van der Waals surface area (Å²) in [7, 11) is 0. The van der Waals surface area contributed by atoms with Gasteiger partial charge in [-0.25, -0.2) is 0 Å². The van der Waals surface area contributed by atoms with Gasteiger partial charge in [-0.3, -0.25) is 0 Å². The van der Waals surface area contributed by atoms with Gasteiger partial charge in [-0.2, -0.15) is 0 Å². The highest BCUT2D eigenvalue weighted by Crippen LogP contribution is 2.38. The number of anilines is 3. The minimum Gasteiger partial charge on any atom is -0.456 e. The van der Waals surface area contributed by atoms with Crippen LogP contribution in [0.15, 0.2) is 168 Å². The molecule has 0 bridgehead atoms. The fourth-order valence-electron chi connectivity index (χ4n) is 6.22. The number of hydrogen-bond donors (Lipinski definition) is 0. The van der Waals surface area contributed by atoms with Crippen molar-refractivity contribution in [2.24, 2.45) is 0 Å². The van der Waals surface area contributed by atoms with Crippen LogP contribution in [0.2, 0.25) is 0 Å². The normalized spacial score (nSPS) is 12.9. The number of para-hydroxylation sites is 1. The van der Waals surface area contributed by atoms with Crippen LogP contribution >= 0.6 is 0 Å². The molecular formula is C42H31NO. The molecule has 0 amide bonds. The van der Waals surface area contributed by atoms with Crippen LogP contribution in [0.5, 0.6) is 0 Å². The van der Waals surface area contributed by atoms with Crippen molar-refractivity contribution in [3.05, 3.63) is 169 Å². The fraction of sp³-hybridized carbons (Fsp3) is 0.0476. The van der Waals surface area contributed by atoms with Gasteiger partial charge in [0.15, 0.2) is 0 Å². The minimum absolute atomic E-state index is 0.916. The van der Waals surface area contributed by atoms with E-state index in [0.717, 1.165) is 51.8 Å². The Bertz CT molecular complexity index is 2130. The molecule has 1 aliphatic carbocycles. The predicted octanol–water partition coefficient (Wildman–Crippen LogP) is 12.1. The lowest BCUT2D eigenvalue weighted by molar-refractivity contribution is 0.669. The van der Waals surface area contributed by atoms with E-state index in [-0.39, 0.29) is 0 Å². The average molecular weight is 566 g/mol. The summed E-state index contributed by atoms with van der Waals surface area (Å²) in [5, 5.41) is 2.29. The van der Waals surface area contributed by atoms with Crippen molar-refractivity contribution in [3.63, 3.8) is 0 Å². The van der Waals surface area contributed by atoms with Gasteiger partial charge in [-0.15, -0.1) is 0 Å². The largest absolute Gasteiger partial charge is 0.456 e. The van der Waals surface area contributed by atoms with Crippen LogP contribution in [0.1, 0.15) is 18.4 Å². The lowest BCUT2D eigenvalue weighted by Gasteiger charge is -2.26. The molecule has 0 N–H and O–H groups in total. The van der Waals surface area contributed by atoms with E-state index in [1.165, 1.54) is 33.4 Å². The quantitative estimate of drug-likeness (QED) is 0.199. The molecule has 0 atom stereocenters. The van der Waals surface area contributed by atoms with Gasteiger partial charge in [0.1, 0.15) is 11.2 Å². The molecule has 0 unspecified atom stereocenters. The smallest absolute Gasteiger partial charge is 0.135 e. The van der Waals surface area contributed by atoms with Crippen LogP contribution in [-0.2, 0) is 0 Å². The first-order valence-electron chi connectivity index (χ1n) is 15.2. The number of benzene rings is 6. The summed E-state index contributed by atoms with van der Waals surface area (Å²) < 4.78 is 6.06. The second-order valence-electron chi connectivity index (χ2n) is 11.3. The Labute approximate surface area is 257 Å². The van der Waals surface area contributed by atoms with Gasteiger partial charge in [0.05, 0.1) is 0 Å². The summed E-state index contributed by atoms with van der Waals surface area (Å²) in [6.45, 7) is 0. The molecule has 1 heterocycles. The maximum atomic E-state index is 6.06. The van der Waals surface area contributed by atoms with E-state index >= 15 is 0 Å². The number of rotatable bonds is 6. The van der Waals surface area contributed by atoms with E-state index in [2.05, 4.69) is 157 Å². The van der Waals surface area contributed by atoms with Crippen molar-refractivity contribution in [2.75, 3.05) is 4.90 Å². The SMILES string of the molecule is C1=CC(c2ccc(N(c3ccc(-c4ccccc4)cc3)c3ccc(-c4ccc5oc6ccccc6c5c4)cc3)cc2)=CCC1. The molecule has 0 aliphatic heterocycles. The molecule has 1 aliphatic rings. The molecule has 8 rings (SSSR count). The highest BCUT2D eigenvalue weighted by molar-refractivity contribution is 6.06. The van der Waals surface area contributed by atoms with E-state index in [4.69, 9.17) is 4.42 Å². The highest BCUT2D eigenvalue weighted by atomic mass is 16.3. The first-order chi connectivity index (χ1) is 21.8. The molecule has 0 saturated heterocycles. The molecular weight excluding hydrogens is 534 g/mol. The summed E-state index contributed by atoms with van der Waals surface area (Å²) in [6.07, 6.45) is 9.05. The molecule has 0 radical (unpaired) electrons. The Kier molecular flexibility index (Phi) is 6.66. The molecule has 2 nitrogen and oxygen atoms in total. The third-order valence-electron chi connectivity index (χ3n) is 8.52. The lowest BCUT2D eigenvalue weighted by Crippen LogP contribution is -2.10. The van der Waals surface area contributed by atoms with E-state index < -0.39 is 0 Å². The minimum atomic E-state index is 0.916. The average Bonchev–Trinajstić information content (AvgIpc) is 3.48. The number of furan rings is 1. The van der Waals surface area contributed by atoms with Gasteiger partial charge >= 0.3 is 0 Å². The third kappa shape index (κ3) is 4.91. The highest BCUT2D eigenvalue weighted by Gasteiger charge is 2.15. The lowest BCUT2D eigenvalue weighted by atomic mass is 9.99. The Morgan fingerprint density at radius 3 is 1.64 bits per heavy atom. The molecule has 0 saturated carbocycles. The van der Waals surface area contributed by atoms with Crippen LogP contribution in [0, 0.1) is 0 Å². The molecule has 1 aromatic heterocycles. The van der Waals surface area contributed by atoms with Gasteiger partial charge in [0.2, 0.25) is 0 Å². The monoisotopic (exact) mass is 565 g/mol. The number of hydrogen-bond acceptors (Lipinski definition) is 2. The van der Waals surface area contributed by atoms with E-state index in [0.29, 0.717) is 0 Å². The summed E-state index contributed by atoms with van der Waals surface area (Å²) in [5.74, 6) is 0. The Morgan fingerprint density at radius 2 is 0.977 bits per heavy atom. The van der Waals surface area contributed by atoms with Gasteiger partial charge in [-0.1, -0.05) is 109 Å². The van der Waals surface area contributed by atoms with Gasteiger partial charge in [0.25, 0.3) is 0 Å². The second kappa shape index (κ2) is 11.2. The first kappa shape index (κ1) is 26.1. The van der Waals surface area contributed by atoms with Crippen LogP contribution in [0.3, 0.4) is 0 Å². The van der Waals surface area contributed by atoms with Crippen molar-refractivity contribution in [2.45, 2.75) is 12.8 Å². The van der Waals surface area contributed by atoms with Crippen LogP contribution in [0.25, 0.3) is 49.8 Å². The van der Waals surface area contributed by atoms with E-state index in [9.17, 15) is 0 Å². The molecule has 210 valence electrons. The zero-order valence-electron chi connectivity index (χ0n) is 24.4. The van der Waals surface area contributed by atoms with Crippen molar-refractivity contribution in [1.29, 1.82) is 0 Å². The van der Waals surface area contributed by atoms with E-state index in [1.54, 1.807) is 0 Å². The third-order valence-corrected chi connectivity index (χ3v) is 8.52. The van der Waals surface area contributed by atoms with Crippen LogP contribution in [-0.4, -0.2) is 0 Å². The Hall–Kier alpha value is -5.60. The Morgan fingerprint density at radius 1 is 0.432 bits per heavy atom. The second-order valence-corrected chi connectivity index (χ2v) is 11.3. The molecule has 0 fully saturated rings. The zero-order chi connectivity index (χ0) is 29.3. The van der Waals surface area contributed by atoms with Crippen molar-refractivity contribution in [3.8, 4) is 22.3 Å². The molecule has 44 heavy (non-hydrogen) atoms. The summed E-state index contributed by atoms with van der Waals surface area (Å²) in [6, 6.07) is 51.9. The number of fused-ring (bicyclic) bond motifs is 3. The maximum Gasteiger partial charge on any atom is 0.135 e. The van der Waals surface area contributed by atoms with Gasteiger partial charge in [-0.05, 0) is 101 Å². The molecule has 6 aromatic carbocycles. The zero-order valence-corrected chi connectivity index (χ0v) is 24.4. The van der Waals surface area contributed by atoms with Crippen molar-refractivity contribution < 1.29 is 4.42 Å². The fourth-order valence-corrected chi connectivity index (χ4v) is 6.22. The van der Waals surface area contributed by atoms with E-state index in [1.807, 2.05) is 12.1 Å². The molecule has 0 spiro atoms. The summed E-state index contributed by atoms with van der Waals surface area (Å²) in [4.78, 5) is 2.33. The number of nitrogens with zero attached hydrogens (tertiary/aromatic N) is 1. The van der Waals surface area contributed by atoms with Crippen molar-refractivity contribution >= 4 is 44.6 Å². The van der Waals surface area contributed by atoms with Gasteiger partial charge in [0, 0.05) is 27.8 Å².